The Balaban J connectivity index is 1.46. The third-order valence-electron chi connectivity index (χ3n) is 5.78. The van der Waals surface area contributed by atoms with Crippen LogP contribution in [-0.4, -0.2) is 25.8 Å². The largest absolute Gasteiger partial charge is 0.328 e. The van der Waals surface area contributed by atoms with Crippen LogP contribution >= 0.6 is 0 Å². The fourth-order valence-corrected chi connectivity index (χ4v) is 3.98. The highest BCUT2D eigenvalue weighted by Crippen LogP contribution is 2.21. The Labute approximate surface area is 200 Å². The zero-order valence-electron chi connectivity index (χ0n) is 18.8. The van der Waals surface area contributed by atoms with E-state index in [2.05, 4.69) is 15.0 Å². The maximum Gasteiger partial charge on any atom is 0.325 e. The third-order valence-corrected chi connectivity index (χ3v) is 5.78. The zero-order chi connectivity index (χ0) is 24.2. The number of carbonyl (C=O) groups is 1. The molecule has 7 nitrogen and oxygen atoms in total. The molecule has 0 fully saturated rings. The molecule has 0 radical (unpaired) electrons. The molecule has 0 saturated heterocycles. The van der Waals surface area contributed by atoms with Gasteiger partial charge in [0.05, 0.1) is 17.8 Å². The van der Waals surface area contributed by atoms with Crippen molar-refractivity contribution < 1.29 is 4.79 Å². The molecule has 0 bridgehead atoms. The monoisotopic (exact) mass is 462 g/mol. The lowest BCUT2D eigenvalue weighted by Crippen LogP contribution is -2.36. The van der Waals surface area contributed by atoms with E-state index in [0.29, 0.717) is 5.69 Å². The second-order valence-electron chi connectivity index (χ2n) is 8.21. The van der Waals surface area contributed by atoms with E-state index < -0.39 is 17.2 Å². The summed E-state index contributed by atoms with van der Waals surface area (Å²) in [5.74, 6) is -0.496. The molecule has 2 aromatic heterocycles. The number of rotatable bonds is 6. The number of amides is 1. The number of H-pyrrole nitrogens is 2. The first-order valence-electron chi connectivity index (χ1n) is 11.2. The van der Waals surface area contributed by atoms with Crippen LogP contribution in [0.2, 0.25) is 0 Å². The molecule has 2 heterocycles. The van der Waals surface area contributed by atoms with Crippen molar-refractivity contribution in [3.05, 3.63) is 135 Å². The summed E-state index contributed by atoms with van der Waals surface area (Å²) in [7, 11) is 0. The van der Waals surface area contributed by atoms with Crippen molar-refractivity contribution in [2.24, 2.45) is 0 Å². The maximum atomic E-state index is 13.4. The normalized spacial score (nSPS) is 10.9. The summed E-state index contributed by atoms with van der Waals surface area (Å²) in [6, 6.07) is 29.6. The number of benzene rings is 3. The summed E-state index contributed by atoms with van der Waals surface area (Å²) >= 11 is 0. The van der Waals surface area contributed by atoms with Crippen molar-refractivity contribution in [2.45, 2.75) is 13.1 Å². The second-order valence-corrected chi connectivity index (χ2v) is 8.21. The van der Waals surface area contributed by atoms with E-state index in [1.165, 1.54) is 0 Å². The predicted molar refractivity (Wildman–Crippen MR) is 135 cm³/mol. The summed E-state index contributed by atoms with van der Waals surface area (Å²) in [6.07, 6.45) is 1.16. The Morgan fingerprint density at radius 1 is 0.771 bits per heavy atom. The fourth-order valence-electron chi connectivity index (χ4n) is 3.98. The minimum Gasteiger partial charge on any atom is -0.328 e. The van der Waals surface area contributed by atoms with Gasteiger partial charge in [0.25, 0.3) is 11.5 Å². The Morgan fingerprint density at radius 2 is 1.49 bits per heavy atom. The molecule has 7 heteroatoms. The van der Waals surface area contributed by atoms with Gasteiger partial charge in [-0.05, 0) is 28.8 Å². The third kappa shape index (κ3) is 4.94. The molecule has 35 heavy (non-hydrogen) atoms. The van der Waals surface area contributed by atoms with Crippen LogP contribution < -0.4 is 11.2 Å². The summed E-state index contributed by atoms with van der Waals surface area (Å²) in [4.78, 5) is 47.9. The van der Waals surface area contributed by atoms with Gasteiger partial charge in [-0.15, -0.1) is 0 Å². The van der Waals surface area contributed by atoms with E-state index in [4.69, 9.17) is 0 Å². The van der Waals surface area contributed by atoms with Crippen LogP contribution in [0.15, 0.2) is 107 Å². The van der Waals surface area contributed by atoms with Gasteiger partial charge in [0.15, 0.2) is 0 Å². The molecule has 5 aromatic rings. The van der Waals surface area contributed by atoms with Crippen molar-refractivity contribution in [2.75, 3.05) is 0 Å². The van der Waals surface area contributed by atoms with Crippen molar-refractivity contribution >= 4 is 16.8 Å². The number of fused-ring (bicyclic) bond motifs is 1. The van der Waals surface area contributed by atoms with Crippen LogP contribution in [0.4, 0.5) is 0 Å². The highest BCUT2D eigenvalue weighted by atomic mass is 16.2. The first-order chi connectivity index (χ1) is 17.1. The molecule has 5 rings (SSSR count). The molecule has 0 spiro atoms. The van der Waals surface area contributed by atoms with Crippen molar-refractivity contribution in [1.29, 1.82) is 0 Å². The smallest absolute Gasteiger partial charge is 0.325 e. The molecular weight excluding hydrogens is 440 g/mol. The molecule has 0 saturated carbocycles. The van der Waals surface area contributed by atoms with E-state index in [0.717, 1.165) is 33.8 Å². The number of nitrogens with one attached hydrogen (secondary N) is 2. The molecule has 0 aliphatic carbocycles. The lowest BCUT2D eigenvalue weighted by atomic mass is 10.0. The average molecular weight is 463 g/mol. The molecule has 0 unspecified atom stereocenters. The van der Waals surface area contributed by atoms with E-state index >= 15 is 0 Å². The van der Waals surface area contributed by atoms with Crippen molar-refractivity contribution in [3.8, 4) is 11.1 Å². The van der Waals surface area contributed by atoms with Crippen molar-refractivity contribution in [1.82, 2.24) is 19.9 Å². The van der Waals surface area contributed by atoms with Gasteiger partial charge >= 0.3 is 5.69 Å². The van der Waals surface area contributed by atoms with Gasteiger partial charge in [-0.25, -0.2) is 4.79 Å². The number of hydrogen-bond acceptors (Lipinski definition) is 4. The van der Waals surface area contributed by atoms with Gasteiger partial charge in [0.1, 0.15) is 5.56 Å². The minimum absolute atomic E-state index is 0.133. The van der Waals surface area contributed by atoms with E-state index in [1.807, 2.05) is 91.0 Å². The molecule has 1 amide bonds. The summed E-state index contributed by atoms with van der Waals surface area (Å²) in [5.41, 5.74) is 3.07. The fraction of sp³-hybridized carbons (Fsp3) is 0.0714. The van der Waals surface area contributed by atoms with Crippen LogP contribution in [0.25, 0.3) is 22.0 Å². The van der Waals surface area contributed by atoms with Crippen LogP contribution in [0.3, 0.4) is 0 Å². The quantitative estimate of drug-likeness (QED) is 0.397. The molecule has 3 aromatic carbocycles. The second kappa shape index (κ2) is 9.61. The van der Waals surface area contributed by atoms with Crippen LogP contribution in [0.5, 0.6) is 0 Å². The first kappa shape index (κ1) is 22.0. The van der Waals surface area contributed by atoms with Crippen LogP contribution in [-0.2, 0) is 13.1 Å². The summed E-state index contributed by atoms with van der Waals surface area (Å²) < 4.78 is 0. The maximum absolute atomic E-state index is 13.4. The molecule has 2 N–H and O–H groups in total. The Hall–Kier alpha value is -4.78. The highest BCUT2D eigenvalue weighted by Gasteiger charge is 2.21. The lowest BCUT2D eigenvalue weighted by Gasteiger charge is -2.22. The molecular formula is C28H22N4O3. The minimum atomic E-state index is -0.727. The number of hydrogen-bond donors (Lipinski definition) is 2. The molecule has 172 valence electrons. The standard InChI is InChI=1S/C28H22N4O3/c33-26-24(16-29-28(35)31-26)27(34)32(18-23-15-14-22-8-4-5-9-25(22)30-23)17-19-10-12-21(13-11-19)20-6-2-1-3-7-20/h1-16H,17-18H2,(H2,29,31,33,35). The lowest BCUT2D eigenvalue weighted by molar-refractivity contribution is 0.0725. The zero-order valence-corrected chi connectivity index (χ0v) is 18.8. The molecule has 0 aliphatic heterocycles. The van der Waals surface area contributed by atoms with Crippen molar-refractivity contribution in [3.63, 3.8) is 0 Å². The number of carbonyl (C=O) groups excluding carboxylic acids is 1. The summed E-state index contributed by atoms with van der Waals surface area (Å²) in [6.45, 7) is 0.462. The van der Waals surface area contributed by atoms with E-state index in [-0.39, 0.29) is 18.7 Å². The van der Waals surface area contributed by atoms with E-state index in [9.17, 15) is 14.4 Å². The van der Waals surface area contributed by atoms with Gasteiger partial charge < -0.3 is 9.88 Å². The number of aromatic amines is 2. The van der Waals surface area contributed by atoms with Gasteiger partial charge in [-0.2, -0.15) is 0 Å². The number of nitrogens with zero attached hydrogens (tertiary/aromatic N) is 2. The Bertz CT molecular complexity index is 1610. The van der Waals surface area contributed by atoms with Gasteiger partial charge in [-0.3, -0.25) is 19.6 Å². The number of para-hydroxylation sites is 1. The first-order valence-corrected chi connectivity index (χ1v) is 11.2. The van der Waals surface area contributed by atoms with Gasteiger partial charge in [-0.1, -0.05) is 78.9 Å². The number of aromatic nitrogens is 3. The SMILES string of the molecule is O=C(c1c[nH]c(=O)[nH]c1=O)N(Cc1ccc(-c2ccccc2)cc1)Cc1ccc2ccccc2n1. The van der Waals surface area contributed by atoms with Crippen LogP contribution in [0.1, 0.15) is 21.6 Å². The van der Waals surface area contributed by atoms with E-state index in [1.54, 1.807) is 4.90 Å². The summed E-state index contributed by atoms with van der Waals surface area (Å²) in [5, 5.41) is 1.00. The average Bonchev–Trinajstić information content (AvgIpc) is 2.89. The van der Waals surface area contributed by atoms with Gasteiger partial charge in [0.2, 0.25) is 0 Å². The van der Waals surface area contributed by atoms with Gasteiger partial charge in [0, 0.05) is 18.1 Å². The predicted octanol–water partition coefficient (Wildman–Crippen LogP) is 4.12. The Morgan fingerprint density at radius 3 is 2.26 bits per heavy atom. The highest BCUT2D eigenvalue weighted by molar-refractivity contribution is 5.93. The topological polar surface area (TPSA) is 98.9 Å². The molecule has 0 aliphatic rings. The number of pyridine rings is 1. The molecule has 0 atom stereocenters. The van der Waals surface area contributed by atoms with Crippen LogP contribution in [0, 0.1) is 0 Å². The Kier molecular flexibility index (Phi) is 6.05.